The van der Waals surface area contributed by atoms with Crippen LogP contribution < -0.4 is 0 Å². The average molecular weight is 362 g/mol. The summed E-state index contributed by atoms with van der Waals surface area (Å²) in [5.41, 5.74) is 1.33. The summed E-state index contributed by atoms with van der Waals surface area (Å²) in [6.07, 6.45) is 3.91. The number of ether oxygens (including phenoxy) is 1. The first-order valence-electron chi connectivity index (χ1n) is 9.41. The van der Waals surface area contributed by atoms with Crippen LogP contribution in [-0.2, 0) is 9.53 Å². The number of hydrogen-bond acceptors (Lipinski definition) is 3. The number of urea groups is 1. The molecule has 0 aromatic heterocycles. The van der Waals surface area contributed by atoms with E-state index in [9.17, 15) is 9.59 Å². The molecule has 1 atom stereocenters. The summed E-state index contributed by atoms with van der Waals surface area (Å²) in [6, 6.07) is 10.4. The van der Waals surface area contributed by atoms with Gasteiger partial charge in [0.2, 0.25) is 0 Å². The lowest BCUT2D eigenvalue weighted by atomic mass is 9.90. The van der Waals surface area contributed by atoms with Crippen molar-refractivity contribution in [2.75, 3.05) is 39.9 Å². The molecule has 1 unspecified atom stereocenters. The van der Waals surface area contributed by atoms with Crippen LogP contribution in [0.15, 0.2) is 30.3 Å². The summed E-state index contributed by atoms with van der Waals surface area (Å²) in [6.45, 7) is 2.54. The second-order valence-electron chi connectivity index (χ2n) is 6.79. The quantitative estimate of drug-likeness (QED) is 0.809. The molecule has 0 spiro atoms. The first-order valence-corrected chi connectivity index (χ1v) is 9.41. The third-order valence-corrected chi connectivity index (χ3v) is 4.95. The molecule has 1 aliphatic heterocycles. The second-order valence-corrected chi connectivity index (χ2v) is 6.79. The maximum atomic E-state index is 12.9. The van der Waals surface area contributed by atoms with Crippen molar-refractivity contribution >= 4 is 12.0 Å². The Hall–Kier alpha value is -2.08. The summed E-state index contributed by atoms with van der Waals surface area (Å²) in [4.78, 5) is 27.3. The second kappa shape index (κ2) is 10.8. The highest BCUT2D eigenvalue weighted by molar-refractivity contribution is 5.75. The number of benzene rings is 1. The van der Waals surface area contributed by atoms with Gasteiger partial charge >= 0.3 is 12.0 Å². The van der Waals surface area contributed by atoms with E-state index in [1.807, 2.05) is 11.0 Å². The summed E-state index contributed by atoms with van der Waals surface area (Å²) in [7, 11) is 1.63. The van der Waals surface area contributed by atoms with Crippen LogP contribution in [0.4, 0.5) is 4.79 Å². The third-order valence-electron chi connectivity index (χ3n) is 4.95. The molecule has 6 heteroatoms. The Kier molecular flexibility index (Phi) is 8.41. The van der Waals surface area contributed by atoms with Crippen molar-refractivity contribution in [2.45, 2.75) is 38.0 Å². The molecule has 6 nitrogen and oxygen atoms in total. The number of methoxy groups -OCH3 is 1. The molecular formula is C20H30N2O4. The van der Waals surface area contributed by atoms with Crippen LogP contribution in [0.5, 0.6) is 0 Å². The molecule has 1 aliphatic rings. The molecule has 1 fully saturated rings. The van der Waals surface area contributed by atoms with Crippen LogP contribution in [0, 0.1) is 0 Å². The number of aliphatic carboxylic acids is 1. The predicted molar refractivity (Wildman–Crippen MR) is 100 cm³/mol. The first kappa shape index (κ1) is 20.2. The number of carboxylic acid groups (broad SMARTS) is 1. The van der Waals surface area contributed by atoms with Gasteiger partial charge in [-0.1, -0.05) is 36.8 Å². The van der Waals surface area contributed by atoms with E-state index in [1.54, 1.807) is 12.0 Å². The zero-order chi connectivity index (χ0) is 18.8. The van der Waals surface area contributed by atoms with Gasteiger partial charge in [-0.25, -0.2) is 4.79 Å². The van der Waals surface area contributed by atoms with Gasteiger partial charge in [-0.15, -0.1) is 0 Å². The van der Waals surface area contributed by atoms with Crippen LogP contribution in [0.2, 0.25) is 0 Å². The Morgan fingerprint density at radius 1 is 1.12 bits per heavy atom. The lowest BCUT2D eigenvalue weighted by Crippen LogP contribution is -2.46. The molecule has 0 saturated carbocycles. The minimum absolute atomic E-state index is 0.0174. The minimum atomic E-state index is -0.873. The van der Waals surface area contributed by atoms with Crippen molar-refractivity contribution in [3.63, 3.8) is 0 Å². The van der Waals surface area contributed by atoms with Gasteiger partial charge in [-0.05, 0) is 30.7 Å². The largest absolute Gasteiger partial charge is 0.481 e. The molecule has 144 valence electrons. The molecular weight excluding hydrogens is 332 g/mol. The van der Waals surface area contributed by atoms with E-state index in [0.717, 1.165) is 25.7 Å². The standard InChI is InChI=1S/C20H30N2O4/c1-26-16-15-22-13-10-18(17-7-3-2-4-8-17)9-5-6-12-21(20(22)25)14-11-19(23)24/h2-4,7-8,18H,5-6,9-16H2,1H3,(H,23,24). The van der Waals surface area contributed by atoms with Crippen molar-refractivity contribution in [1.82, 2.24) is 9.80 Å². The van der Waals surface area contributed by atoms with Crippen LogP contribution in [-0.4, -0.2) is 66.8 Å². The van der Waals surface area contributed by atoms with Gasteiger partial charge in [-0.3, -0.25) is 4.79 Å². The van der Waals surface area contributed by atoms with Crippen LogP contribution in [0.3, 0.4) is 0 Å². The Morgan fingerprint density at radius 2 is 1.85 bits per heavy atom. The zero-order valence-corrected chi connectivity index (χ0v) is 15.6. The fourth-order valence-electron chi connectivity index (χ4n) is 3.45. The normalized spacial score (nSPS) is 19.4. The fraction of sp³-hybridized carbons (Fsp3) is 0.600. The molecule has 26 heavy (non-hydrogen) atoms. The SMILES string of the molecule is COCCN1CCC(c2ccccc2)CCCCN(CCC(=O)O)C1=O. The van der Waals surface area contributed by atoms with Gasteiger partial charge in [0.25, 0.3) is 0 Å². The van der Waals surface area contributed by atoms with Gasteiger partial charge in [0.15, 0.2) is 0 Å². The summed E-state index contributed by atoms with van der Waals surface area (Å²) in [5.74, 6) is -0.429. The zero-order valence-electron chi connectivity index (χ0n) is 15.6. The maximum Gasteiger partial charge on any atom is 0.320 e. The first-order chi connectivity index (χ1) is 12.6. The molecule has 1 saturated heterocycles. The van der Waals surface area contributed by atoms with Gasteiger partial charge in [-0.2, -0.15) is 0 Å². The van der Waals surface area contributed by atoms with Gasteiger partial charge in [0, 0.05) is 33.3 Å². The molecule has 0 aliphatic carbocycles. The van der Waals surface area contributed by atoms with Gasteiger partial charge < -0.3 is 19.6 Å². The molecule has 1 heterocycles. The highest BCUT2D eigenvalue weighted by Crippen LogP contribution is 2.27. The molecule has 2 rings (SSSR count). The number of carbonyl (C=O) groups excluding carboxylic acids is 1. The third kappa shape index (κ3) is 6.33. The van der Waals surface area contributed by atoms with E-state index in [1.165, 1.54) is 5.56 Å². The van der Waals surface area contributed by atoms with E-state index >= 15 is 0 Å². The number of carbonyl (C=O) groups is 2. The highest BCUT2D eigenvalue weighted by atomic mass is 16.5. The number of rotatable bonds is 7. The van der Waals surface area contributed by atoms with Crippen LogP contribution >= 0.6 is 0 Å². The van der Waals surface area contributed by atoms with Gasteiger partial charge in [0.1, 0.15) is 0 Å². The Labute approximate surface area is 155 Å². The minimum Gasteiger partial charge on any atom is -0.481 e. The van der Waals surface area contributed by atoms with E-state index < -0.39 is 5.97 Å². The van der Waals surface area contributed by atoms with E-state index in [4.69, 9.17) is 9.84 Å². The Morgan fingerprint density at radius 3 is 2.54 bits per heavy atom. The predicted octanol–water partition coefficient (Wildman–Crippen LogP) is 3.19. The average Bonchev–Trinajstić information content (AvgIpc) is 2.65. The molecule has 1 aromatic carbocycles. The van der Waals surface area contributed by atoms with E-state index in [2.05, 4.69) is 24.3 Å². The van der Waals surface area contributed by atoms with E-state index in [-0.39, 0.29) is 19.0 Å². The molecule has 0 radical (unpaired) electrons. The Balaban J connectivity index is 2.09. The lowest BCUT2D eigenvalue weighted by molar-refractivity contribution is -0.137. The number of hydrogen-bond donors (Lipinski definition) is 1. The van der Waals surface area contributed by atoms with Crippen LogP contribution in [0.1, 0.15) is 43.6 Å². The summed E-state index contributed by atoms with van der Waals surface area (Å²) < 4.78 is 5.16. The smallest absolute Gasteiger partial charge is 0.320 e. The Bertz CT molecular complexity index is 564. The highest BCUT2D eigenvalue weighted by Gasteiger charge is 2.24. The van der Waals surface area contributed by atoms with Crippen LogP contribution in [0.25, 0.3) is 0 Å². The topological polar surface area (TPSA) is 70.1 Å². The number of amides is 2. The monoisotopic (exact) mass is 362 g/mol. The fourth-order valence-corrected chi connectivity index (χ4v) is 3.45. The van der Waals surface area contributed by atoms with Crippen molar-refractivity contribution in [3.8, 4) is 0 Å². The lowest BCUT2D eigenvalue weighted by Gasteiger charge is -2.33. The molecule has 1 aromatic rings. The maximum absolute atomic E-state index is 12.9. The summed E-state index contributed by atoms with van der Waals surface area (Å²) in [5, 5.41) is 8.95. The van der Waals surface area contributed by atoms with Crippen molar-refractivity contribution < 1.29 is 19.4 Å². The van der Waals surface area contributed by atoms with Crippen molar-refractivity contribution in [1.29, 1.82) is 0 Å². The van der Waals surface area contributed by atoms with E-state index in [0.29, 0.717) is 32.2 Å². The molecule has 2 amide bonds. The summed E-state index contributed by atoms with van der Waals surface area (Å²) >= 11 is 0. The molecule has 1 N–H and O–H groups in total. The number of carboxylic acids is 1. The number of nitrogens with zero attached hydrogens (tertiary/aromatic N) is 2. The van der Waals surface area contributed by atoms with Crippen molar-refractivity contribution in [2.24, 2.45) is 0 Å². The van der Waals surface area contributed by atoms with Gasteiger partial charge in [0.05, 0.1) is 13.0 Å². The molecule has 0 bridgehead atoms. The van der Waals surface area contributed by atoms with Crippen molar-refractivity contribution in [3.05, 3.63) is 35.9 Å².